The fourth-order valence-corrected chi connectivity index (χ4v) is 2.55. The van der Waals surface area contributed by atoms with Crippen LogP contribution in [0.4, 0.5) is 8.78 Å². The number of aromatic amines is 1. The van der Waals surface area contributed by atoms with Crippen LogP contribution >= 0.6 is 0 Å². The van der Waals surface area contributed by atoms with Crippen molar-refractivity contribution in [2.45, 2.75) is 18.8 Å². The summed E-state index contributed by atoms with van der Waals surface area (Å²) in [6.45, 7) is 1.10. The topological polar surface area (TPSA) is 58.0 Å². The van der Waals surface area contributed by atoms with Crippen molar-refractivity contribution >= 4 is 11.1 Å². The highest BCUT2D eigenvalue weighted by Crippen LogP contribution is 2.39. The fourth-order valence-electron chi connectivity index (χ4n) is 2.55. The Morgan fingerprint density at radius 2 is 2.21 bits per heavy atom. The molecule has 2 N–H and O–H groups in total. The zero-order chi connectivity index (χ0) is 13.5. The highest BCUT2D eigenvalue weighted by Gasteiger charge is 2.41. The van der Waals surface area contributed by atoms with Gasteiger partial charge >= 0.3 is 5.76 Å². The molecule has 0 amide bonds. The zero-order valence-corrected chi connectivity index (χ0v) is 10.2. The number of piperidine rings is 1. The number of nitrogens with one attached hydrogen (secondary N) is 2. The molecule has 1 aliphatic rings. The van der Waals surface area contributed by atoms with Gasteiger partial charge in [-0.25, -0.2) is 13.6 Å². The number of hydrogen-bond acceptors (Lipinski definition) is 3. The predicted octanol–water partition coefficient (Wildman–Crippen LogP) is 2.21. The summed E-state index contributed by atoms with van der Waals surface area (Å²) < 4.78 is 33.6. The van der Waals surface area contributed by atoms with Crippen molar-refractivity contribution in [3.8, 4) is 0 Å². The number of aromatic nitrogens is 1. The monoisotopic (exact) mass is 268 g/mol. The standard InChI is InChI=1S/C13H14F2N2O2/c14-13(15,9-2-1-5-16-7-9)8-3-4-10-11(6-8)19-12(18)17-10/h3-4,6,9,16H,1-2,5,7H2,(H,17,18). The Bertz CT molecular complexity index is 641. The van der Waals surface area contributed by atoms with Crippen molar-refractivity contribution in [2.24, 2.45) is 5.92 Å². The van der Waals surface area contributed by atoms with Crippen LogP contribution in [0, 0.1) is 5.92 Å². The van der Waals surface area contributed by atoms with Crippen LogP contribution in [0.25, 0.3) is 11.1 Å². The Labute approximate surface area is 107 Å². The Hall–Kier alpha value is -1.69. The summed E-state index contributed by atoms with van der Waals surface area (Å²) >= 11 is 0. The van der Waals surface area contributed by atoms with E-state index in [2.05, 4.69) is 10.3 Å². The van der Waals surface area contributed by atoms with E-state index < -0.39 is 17.6 Å². The van der Waals surface area contributed by atoms with E-state index in [-0.39, 0.29) is 11.1 Å². The maximum absolute atomic E-state index is 14.4. The van der Waals surface area contributed by atoms with Crippen LogP contribution in [0.1, 0.15) is 18.4 Å². The second-order valence-corrected chi connectivity index (χ2v) is 4.89. The summed E-state index contributed by atoms with van der Waals surface area (Å²) in [5.74, 6) is -4.27. The lowest BCUT2D eigenvalue weighted by Crippen LogP contribution is -2.39. The van der Waals surface area contributed by atoms with Gasteiger partial charge in [-0.3, -0.25) is 4.98 Å². The second-order valence-electron chi connectivity index (χ2n) is 4.89. The second kappa shape index (κ2) is 4.45. The van der Waals surface area contributed by atoms with Crippen molar-refractivity contribution < 1.29 is 13.2 Å². The normalized spacial score (nSPS) is 20.8. The Morgan fingerprint density at radius 3 is 2.95 bits per heavy atom. The molecule has 0 bridgehead atoms. The van der Waals surface area contributed by atoms with Gasteiger partial charge < -0.3 is 9.73 Å². The minimum atomic E-state index is -2.92. The summed E-state index contributed by atoms with van der Waals surface area (Å²) in [5.41, 5.74) is 0.508. The van der Waals surface area contributed by atoms with E-state index in [4.69, 9.17) is 4.42 Å². The third kappa shape index (κ3) is 2.16. The first-order valence-electron chi connectivity index (χ1n) is 6.29. The highest BCUT2D eigenvalue weighted by atomic mass is 19.3. The molecule has 0 radical (unpaired) electrons. The zero-order valence-electron chi connectivity index (χ0n) is 10.2. The molecule has 2 heterocycles. The van der Waals surface area contributed by atoms with Crippen LogP contribution in [-0.2, 0) is 5.92 Å². The number of halogens is 2. The number of rotatable bonds is 2. The third-order valence-corrected chi connectivity index (χ3v) is 3.62. The average molecular weight is 268 g/mol. The van der Waals surface area contributed by atoms with Crippen LogP contribution in [0.3, 0.4) is 0 Å². The molecule has 2 aromatic rings. The molecule has 19 heavy (non-hydrogen) atoms. The van der Waals surface area contributed by atoms with E-state index in [1.165, 1.54) is 18.2 Å². The van der Waals surface area contributed by atoms with Crippen LogP contribution in [0.5, 0.6) is 0 Å². The van der Waals surface area contributed by atoms with E-state index in [9.17, 15) is 13.6 Å². The smallest absolute Gasteiger partial charge is 0.408 e. The van der Waals surface area contributed by atoms with Gasteiger partial charge in [-0.2, -0.15) is 0 Å². The van der Waals surface area contributed by atoms with Crippen molar-refractivity contribution in [1.29, 1.82) is 0 Å². The summed E-state index contributed by atoms with van der Waals surface area (Å²) in [4.78, 5) is 13.5. The molecule has 4 nitrogen and oxygen atoms in total. The highest BCUT2D eigenvalue weighted by molar-refractivity contribution is 5.73. The summed E-state index contributed by atoms with van der Waals surface area (Å²) in [7, 11) is 0. The first-order chi connectivity index (χ1) is 9.07. The van der Waals surface area contributed by atoms with Gasteiger partial charge in [-0.05, 0) is 31.5 Å². The first-order valence-corrected chi connectivity index (χ1v) is 6.29. The molecule has 0 aliphatic carbocycles. The van der Waals surface area contributed by atoms with Crippen molar-refractivity contribution in [2.75, 3.05) is 13.1 Å². The molecule has 6 heteroatoms. The molecule has 1 fully saturated rings. The molecule has 1 aliphatic heterocycles. The number of benzene rings is 1. The van der Waals surface area contributed by atoms with Crippen LogP contribution < -0.4 is 11.1 Å². The van der Waals surface area contributed by atoms with Gasteiger partial charge in [0.1, 0.15) is 0 Å². The number of alkyl halides is 2. The van der Waals surface area contributed by atoms with Gasteiger partial charge in [0.2, 0.25) is 0 Å². The Morgan fingerprint density at radius 1 is 1.37 bits per heavy atom. The Kier molecular flexibility index (Phi) is 2.89. The SMILES string of the molecule is O=c1[nH]c2ccc(C(F)(F)C3CCCNC3)cc2o1. The van der Waals surface area contributed by atoms with Crippen LogP contribution in [0.2, 0.25) is 0 Å². The molecule has 3 rings (SSSR count). The van der Waals surface area contributed by atoms with Crippen molar-refractivity contribution in [3.05, 3.63) is 34.3 Å². The summed E-state index contributed by atoms with van der Waals surface area (Å²) in [5, 5.41) is 2.99. The van der Waals surface area contributed by atoms with Gasteiger partial charge in [-0.1, -0.05) is 6.07 Å². The first kappa shape index (κ1) is 12.3. The lowest BCUT2D eigenvalue weighted by molar-refractivity contribution is -0.0724. The predicted molar refractivity (Wildman–Crippen MR) is 66.3 cm³/mol. The number of hydrogen-bond donors (Lipinski definition) is 2. The van der Waals surface area contributed by atoms with Gasteiger partial charge in [-0.15, -0.1) is 0 Å². The quantitative estimate of drug-likeness (QED) is 0.878. The van der Waals surface area contributed by atoms with E-state index in [0.717, 1.165) is 13.0 Å². The molecule has 1 saturated heterocycles. The summed E-state index contributed by atoms with van der Waals surface area (Å²) in [6.07, 6.45) is 1.25. The molecule has 0 saturated carbocycles. The average Bonchev–Trinajstić information content (AvgIpc) is 2.78. The fraction of sp³-hybridized carbons (Fsp3) is 0.462. The lowest BCUT2D eigenvalue weighted by atomic mass is 9.88. The van der Waals surface area contributed by atoms with E-state index >= 15 is 0 Å². The molecule has 0 spiro atoms. The molecule has 1 aromatic heterocycles. The van der Waals surface area contributed by atoms with Crippen LogP contribution in [0.15, 0.2) is 27.4 Å². The lowest BCUT2D eigenvalue weighted by Gasteiger charge is -2.30. The molecule has 1 aromatic carbocycles. The minimum absolute atomic E-state index is 0.101. The molecule has 1 atom stereocenters. The van der Waals surface area contributed by atoms with Gasteiger partial charge in [0.15, 0.2) is 5.58 Å². The van der Waals surface area contributed by atoms with Crippen LogP contribution in [-0.4, -0.2) is 18.1 Å². The minimum Gasteiger partial charge on any atom is -0.408 e. The van der Waals surface area contributed by atoms with Crippen molar-refractivity contribution in [1.82, 2.24) is 10.3 Å². The molecule has 1 unspecified atom stereocenters. The number of fused-ring (bicyclic) bond motifs is 1. The maximum Gasteiger partial charge on any atom is 0.417 e. The van der Waals surface area contributed by atoms with Gasteiger partial charge in [0.25, 0.3) is 5.92 Å². The third-order valence-electron chi connectivity index (χ3n) is 3.62. The van der Waals surface area contributed by atoms with Gasteiger partial charge in [0.05, 0.1) is 5.52 Å². The van der Waals surface area contributed by atoms with Crippen molar-refractivity contribution in [3.63, 3.8) is 0 Å². The largest absolute Gasteiger partial charge is 0.417 e. The molecule has 102 valence electrons. The molecular formula is C13H14F2N2O2. The maximum atomic E-state index is 14.4. The van der Waals surface area contributed by atoms with Gasteiger partial charge in [0, 0.05) is 18.0 Å². The number of H-pyrrole nitrogens is 1. The summed E-state index contributed by atoms with van der Waals surface area (Å²) in [6, 6.07) is 4.06. The molecular weight excluding hydrogens is 254 g/mol. The van der Waals surface area contributed by atoms with E-state index in [1.54, 1.807) is 0 Å². The van der Waals surface area contributed by atoms with E-state index in [1.807, 2.05) is 0 Å². The van der Waals surface area contributed by atoms with E-state index in [0.29, 0.717) is 18.5 Å². The Balaban J connectivity index is 1.99. The number of oxazole rings is 1.